The first-order valence-electron chi connectivity index (χ1n) is 19.1. The summed E-state index contributed by atoms with van der Waals surface area (Å²) in [4.78, 5) is 57.0. The molecule has 3 aliphatic heterocycles. The molecule has 3 heterocycles. The van der Waals surface area contributed by atoms with E-state index >= 15 is 4.39 Å². The summed E-state index contributed by atoms with van der Waals surface area (Å²) < 4.78 is 44.4. The summed E-state index contributed by atoms with van der Waals surface area (Å²) in [6.45, 7) is 10.6. The first-order valence-corrected chi connectivity index (χ1v) is 19.5. The van der Waals surface area contributed by atoms with Crippen LogP contribution in [0.2, 0.25) is 5.02 Å². The fourth-order valence-corrected chi connectivity index (χ4v) is 7.79. The molecule has 3 aliphatic rings. The summed E-state index contributed by atoms with van der Waals surface area (Å²) in [7, 11) is 5.78. The summed E-state index contributed by atoms with van der Waals surface area (Å²) in [6.07, 6.45) is 0.442. The average molecular weight is 829 g/mol. The third-order valence-electron chi connectivity index (χ3n) is 11.1. The van der Waals surface area contributed by atoms with Crippen LogP contribution in [0, 0.1) is 11.7 Å². The summed E-state index contributed by atoms with van der Waals surface area (Å²) in [5, 5.41) is 17.5. The number of anilines is 2. The van der Waals surface area contributed by atoms with E-state index in [0.29, 0.717) is 23.5 Å². The number of hydrogen-bond donors (Lipinski definition) is 3. The molecule has 16 heteroatoms. The number of methoxy groups -OCH3 is 2. The summed E-state index contributed by atoms with van der Waals surface area (Å²) in [6, 6.07) is 6.48. The number of nitrogens with one attached hydrogen (secondary N) is 2. The highest BCUT2D eigenvalue weighted by Crippen LogP contribution is 2.49. The number of likely N-dealkylation sites (N-methyl/N-ethyl adjacent to an activating group) is 1. The molecule has 2 saturated heterocycles. The first kappa shape index (κ1) is 44.4. The van der Waals surface area contributed by atoms with Crippen molar-refractivity contribution in [3.05, 3.63) is 76.1 Å². The van der Waals surface area contributed by atoms with Gasteiger partial charge < -0.3 is 43.9 Å². The fourth-order valence-electron chi connectivity index (χ4n) is 7.48. The Morgan fingerprint density at radius 1 is 1.17 bits per heavy atom. The number of esters is 1. The molecule has 0 aliphatic carbocycles. The predicted octanol–water partition coefficient (Wildman–Crippen LogP) is 5.79. The van der Waals surface area contributed by atoms with Crippen LogP contribution in [-0.2, 0) is 35.0 Å². The number of benzene rings is 2. The number of alkyl carbamates (subject to hydrolysis) is 1. The maximum absolute atomic E-state index is 15.2. The molecule has 316 valence electrons. The number of ether oxygens (including phenoxy) is 5. The quantitative estimate of drug-likeness (QED) is 0.218. The molecule has 2 aromatic carbocycles. The second-order valence-electron chi connectivity index (χ2n) is 15.8. The number of rotatable bonds is 8. The minimum Gasteiger partial charge on any atom is -0.495 e. The minimum atomic E-state index is -1.87. The lowest BCUT2D eigenvalue weighted by atomic mass is 9.83. The summed E-state index contributed by atoms with van der Waals surface area (Å²) in [5.41, 5.74) is -0.888. The standard InChI is InChI=1S/C42H54ClFN4O10/c1-22(2)45-27-14-15-28(29(44)19-27)38(50)47(7)25(5)39(51)57-34-20-35(49)48(8)30-17-26(18-31(54-9)36(30)43)16-23(3)12-11-13-33(55-10)42(53)21-32(56-40(52)46-42)24(4)37-41(34,6)58-37/h11-15,17-19,22,24-25,32-34,37,45,53H,16,20-21H2,1-10H3,(H,46,52)/b13-11+,23-12+/t24-,25+,32+,33-,34+,37+,41+,42+/m1/s1. The van der Waals surface area contributed by atoms with E-state index in [4.69, 9.17) is 35.3 Å². The van der Waals surface area contributed by atoms with E-state index in [9.17, 15) is 24.3 Å². The lowest BCUT2D eigenvalue weighted by Gasteiger charge is -2.42. The van der Waals surface area contributed by atoms with Gasteiger partial charge in [-0.2, -0.15) is 0 Å². The van der Waals surface area contributed by atoms with Gasteiger partial charge in [0.05, 0.1) is 30.9 Å². The van der Waals surface area contributed by atoms with Crippen molar-refractivity contribution in [3.63, 3.8) is 0 Å². The molecule has 2 aromatic rings. The molecule has 3 N–H and O–H groups in total. The Kier molecular flexibility index (Phi) is 13.5. The largest absolute Gasteiger partial charge is 0.495 e. The number of epoxide rings is 1. The Labute approximate surface area is 343 Å². The van der Waals surface area contributed by atoms with E-state index in [-0.39, 0.29) is 23.0 Å². The molecule has 2 fully saturated rings. The number of aliphatic hydroxyl groups is 1. The number of fused-ring (bicyclic) bond motifs is 5. The molecule has 0 radical (unpaired) electrons. The van der Waals surface area contributed by atoms with Crippen LogP contribution in [0.3, 0.4) is 0 Å². The van der Waals surface area contributed by atoms with Crippen LogP contribution in [0.4, 0.5) is 20.6 Å². The smallest absolute Gasteiger partial charge is 0.409 e. The maximum Gasteiger partial charge on any atom is 0.409 e. The van der Waals surface area contributed by atoms with Crippen molar-refractivity contribution in [2.75, 3.05) is 38.5 Å². The number of carbonyl (C=O) groups excluding carboxylic acids is 4. The molecule has 14 nitrogen and oxygen atoms in total. The zero-order valence-corrected chi connectivity index (χ0v) is 35.3. The molecule has 3 amide bonds. The molecule has 0 unspecified atom stereocenters. The fraction of sp³-hybridized carbons (Fsp3) is 0.524. The molecule has 0 saturated carbocycles. The van der Waals surface area contributed by atoms with E-state index in [1.807, 2.05) is 26.8 Å². The summed E-state index contributed by atoms with van der Waals surface area (Å²) >= 11 is 6.77. The van der Waals surface area contributed by atoms with Gasteiger partial charge in [0, 0.05) is 45.3 Å². The number of allylic oxidation sites excluding steroid dienone is 3. The molecular weight excluding hydrogens is 775 g/mol. The maximum atomic E-state index is 15.2. The van der Waals surface area contributed by atoms with Gasteiger partial charge in [0.15, 0.2) is 5.72 Å². The van der Waals surface area contributed by atoms with E-state index in [0.717, 1.165) is 16.0 Å². The molecule has 0 spiro atoms. The van der Waals surface area contributed by atoms with E-state index in [1.54, 1.807) is 51.2 Å². The van der Waals surface area contributed by atoms with Crippen LogP contribution >= 0.6 is 11.6 Å². The van der Waals surface area contributed by atoms with Crippen molar-refractivity contribution in [1.82, 2.24) is 10.2 Å². The van der Waals surface area contributed by atoms with Crippen molar-refractivity contribution < 1.29 is 52.4 Å². The first-order chi connectivity index (χ1) is 27.2. The third-order valence-corrected chi connectivity index (χ3v) is 11.5. The number of amides is 3. The van der Waals surface area contributed by atoms with Gasteiger partial charge in [-0.3, -0.25) is 14.9 Å². The van der Waals surface area contributed by atoms with Crippen molar-refractivity contribution in [1.29, 1.82) is 0 Å². The highest BCUT2D eigenvalue weighted by molar-refractivity contribution is 6.35. The molecule has 8 atom stereocenters. The van der Waals surface area contributed by atoms with Gasteiger partial charge in [-0.1, -0.05) is 42.3 Å². The van der Waals surface area contributed by atoms with Gasteiger partial charge in [-0.15, -0.1) is 0 Å². The van der Waals surface area contributed by atoms with E-state index in [2.05, 4.69) is 10.6 Å². The second kappa shape index (κ2) is 17.7. The third kappa shape index (κ3) is 9.43. The zero-order valence-electron chi connectivity index (χ0n) is 34.6. The van der Waals surface area contributed by atoms with Crippen LogP contribution in [0.5, 0.6) is 5.75 Å². The topological polar surface area (TPSA) is 168 Å². The highest BCUT2D eigenvalue weighted by atomic mass is 35.5. The molecule has 4 bridgehead atoms. The van der Waals surface area contributed by atoms with Crippen molar-refractivity contribution >= 4 is 46.9 Å². The lowest BCUT2D eigenvalue weighted by molar-refractivity contribution is -0.158. The van der Waals surface area contributed by atoms with Gasteiger partial charge in [0.1, 0.15) is 46.5 Å². The van der Waals surface area contributed by atoms with Crippen LogP contribution < -0.4 is 20.3 Å². The SMILES string of the molecule is COc1cc2cc(c1Cl)N(C)C(=O)C[C@H](OC(=O)[C@H](C)N(C)C(=O)c1ccc(NC(C)C)cc1F)[C@]1(C)O[C@H]1[C@H](C)[C@@H]1C[C@@](O)(NC(=O)O1)[C@H](OC)/C=C/C=C(\C)C2. The van der Waals surface area contributed by atoms with Crippen molar-refractivity contribution in [2.45, 2.75) is 109 Å². The number of carbonyl (C=O) groups is 4. The van der Waals surface area contributed by atoms with Gasteiger partial charge in [0.25, 0.3) is 5.91 Å². The Bertz CT molecular complexity index is 1980. The Morgan fingerprint density at radius 2 is 1.88 bits per heavy atom. The van der Waals surface area contributed by atoms with Crippen LogP contribution in [0.1, 0.15) is 70.3 Å². The van der Waals surface area contributed by atoms with Gasteiger partial charge in [0.2, 0.25) is 5.91 Å². The van der Waals surface area contributed by atoms with Gasteiger partial charge in [-0.25, -0.2) is 14.0 Å². The van der Waals surface area contributed by atoms with Crippen molar-refractivity contribution in [2.24, 2.45) is 5.92 Å². The predicted molar refractivity (Wildman–Crippen MR) is 215 cm³/mol. The monoisotopic (exact) mass is 828 g/mol. The van der Waals surface area contributed by atoms with Crippen LogP contribution in [-0.4, -0.2) is 110 Å². The molecular formula is C42H54ClFN4O10. The minimum absolute atomic E-state index is 0.0347. The lowest BCUT2D eigenvalue weighted by Crippen LogP contribution is -2.63. The average Bonchev–Trinajstić information content (AvgIpc) is 3.86. The highest BCUT2D eigenvalue weighted by Gasteiger charge is 2.64. The van der Waals surface area contributed by atoms with E-state index in [1.165, 1.54) is 45.2 Å². The molecule has 58 heavy (non-hydrogen) atoms. The summed E-state index contributed by atoms with van der Waals surface area (Å²) in [5.74, 6) is -3.14. The zero-order chi connectivity index (χ0) is 42.9. The van der Waals surface area contributed by atoms with Crippen LogP contribution in [0.25, 0.3) is 0 Å². The van der Waals surface area contributed by atoms with Gasteiger partial charge >= 0.3 is 12.1 Å². The van der Waals surface area contributed by atoms with Crippen LogP contribution in [0.15, 0.2) is 54.1 Å². The number of nitrogens with zero attached hydrogens (tertiary/aromatic N) is 2. The van der Waals surface area contributed by atoms with Crippen molar-refractivity contribution in [3.8, 4) is 5.75 Å². The number of hydrogen-bond acceptors (Lipinski definition) is 11. The molecule has 5 rings (SSSR count). The van der Waals surface area contributed by atoms with E-state index < -0.39 is 83.8 Å². The normalized spacial score (nSPS) is 29.5. The molecule has 0 aromatic heterocycles. The Balaban J connectivity index is 1.50. The number of halogens is 2. The second-order valence-corrected chi connectivity index (χ2v) is 16.2. The van der Waals surface area contributed by atoms with Gasteiger partial charge in [-0.05, 0) is 76.9 Å². The Morgan fingerprint density at radius 3 is 2.52 bits per heavy atom. The Hall–Kier alpha value is -4.70.